The van der Waals surface area contributed by atoms with Crippen LogP contribution < -0.4 is 14.4 Å². The van der Waals surface area contributed by atoms with Crippen LogP contribution in [0.1, 0.15) is 93.1 Å². The van der Waals surface area contributed by atoms with Crippen LogP contribution in [0.2, 0.25) is 5.02 Å². The first-order valence-electron chi connectivity index (χ1n) is 18.8. The fraction of sp³-hybridized carbons (Fsp3) is 0.625. The third-order valence-electron chi connectivity index (χ3n) is 12.8. The van der Waals surface area contributed by atoms with E-state index < -0.39 is 26.8 Å². The molecular formula is C40H54ClN3O5S. The molecular weight excluding hydrogens is 670 g/mol. The summed E-state index contributed by atoms with van der Waals surface area (Å²) in [6, 6.07) is 11.7. The lowest BCUT2D eigenvalue weighted by molar-refractivity contribution is -0.0622. The number of nitrogens with one attached hydrogen (secondary N) is 1. The van der Waals surface area contributed by atoms with Crippen LogP contribution in [0, 0.1) is 17.8 Å². The number of piperidine rings is 1. The number of aryl methyl sites for hydroxylation is 1. The van der Waals surface area contributed by atoms with Crippen LogP contribution in [0.25, 0.3) is 0 Å². The summed E-state index contributed by atoms with van der Waals surface area (Å²) in [4.78, 5) is 18.7. The van der Waals surface area contributed by atoms with Crippen molar-refractivity contribution in [1.82, 2.24) is 9.62 Å². The van der Waals surface area contributed by atoms with E-state index in [1.165, 1.54) is 17.5 Å². The fourth-order valence-electron chi connectivity index (χ4n) is 9.59. The predicted octanol–water partition coefficient (Wildman–Crippen LogP) is 7.14. The molecule has 1 N–H and O–H groups in total. The fourth-order valence-corrected chi connectivity index (χ4v) is 11.5. The maximum absolute atomic E-state index is 14.1. The molecule has 50 heavy (non-hydrogen) atoms. The summed E-state index contributed by atoms with van der Waals surface area (Å²) in [5.74, 6) is 0.629. The average molecular weight is 724 g/mol. The molecule has 6 atom stereocenters. The first kappa shape index (κ1) is 35.8. The Kier molecular flexibility index (Phi) is 10.3. The molecule has 3 heterocycles. The van der Waals surface area contributed by atoms with Gasteiger partial charge >= 0.3 is 0 Å². The van der Waals surface area contributed by atoms with Gasteiger partial charge in [-0.1, -0.05) is 43.2 Å². The summed E-state index contributed by atoms with van der Waals surface area (Å²) in [7, 11) is -2.19. The van der Waals surface area contributed by atoms with E-state index in [9.17, 15) is 13.2 Å². The molecule has 0 unspecified atom stereocenters. The molecule has 1 saturated heterocycles. The van der Waals surface area contributed by atoms with E-state index in [-0.39, 0.29) is 11.3 Å². The third-order valence-corrected chi connectivity index (χ3v) is 15.0. The molecule has 2 fully saturated rings. The zero-order valence-corrected chi connectivity index (χ0v) is 31.5. The molecule has 1 spiro atoms. The second kappa shape index (κ2) is 14.4. The number of amides is 1. The molecule has 7 rings (SSSR count). The topological polar surface area (TPSA) is 88.2 Å². The Morgan fingerprint density at radius 3 is 2.66 bits per heavy atom. The minimum Gasteiger partial charge on any atom is -0.490 e. The van der Waals surface area contributed by atoms with E-state index in [0.717, 1.165) is 87.6 Å². The summed E-state index contributed by atoms with van der Waals surface area (Å²) >= 11 is 6.47. The van der Waals surface area contributed by atoms with Crippen LogP contribution >= 0.6 is 11.6 Å². The number of fused-ring (bicyclic) bond motifs is 4. The van der Waals surface area contributed by atoms with Crippen molar-refractivity contribution in [3.8, 4) is 5.75 Å². The van der Waals surface area contributed by atoms with E-state index in [1.807, 2.05) is 25.1 Å². The molecule has 2 aliphatic carbocycles. The number of carbonyl (C=O) groups excluding carboxylic acids is 1. The van der Waals surface area contributed by atoms with E-state index >= 15 is 0 Å². The molecule has 1 amide bonds. The zero-order valence-electron chi connectivity index (χ0n) is 30.0. The quantitative estimate of drug-likeness (QED) is 0.336. The Balaban J connectivity index is 1.26. The highest BCUT2D eigenvalue weighted by Crippen LogP contribution is 2.49. The smallest absolute Gasteiger partial charge is 0.264 e. The Hall–Kier alpha value is -2.59. The zero-order chi connectivity index (χ0) is 35.1. The number of sulfonamides is 1. The van der Waals surface area contributed by atoms with E-state index in [2.05, 4.69) is 45.7 Å². The number of hydrogen-bond donors (Lipinski definition) is 1. The van der Waals surface area contributed by atoms with Gasteiger partial charge in [-0.05, 0) is 144 Å². The van der Waals surface area contributed by atoms with Crippen molar-refractivity contribution in [2.75, 3.05) is 51.3 Å². The minimum atomic E-state index is -3.99. The van der Waals surface area contributed by atoms with Crippen LogP contribution in [-0.4, -0.2) is 76.5 Å². The number of rotatable bonds is 4. The van der Waals surface area contributed by atoms with Gasteiger partial charge in [0.15, 0.2) is 0 Å². The van der Waals surface area contributed by atoms with Crippen molar-refractivity contribution in [3.63, 3.8) is 0 Å². The van der Waals surface area contributed by atoms with Crippen molar-refractivity contribution in [2.24, 2.45) is 17.8 Å². The molecule has 8 nitrogen and oxygen atoms in total. The van der Waals surface area contributed by atoms with Crippen molar-refractivity contribution < 1.29 is 22.7 Å². The highest BCUT2D eigenvalue weighted by molar-refractivity contribution is 7.90. The number of methoxy groups -OCH3 is 1. The monoisotopic (exact) mass is 723 g/mol. The third kappa shape index (κ3) is 7.09. The molecule has 2 bridgehead atoms. The molecule has 272 valence electrons. The number of hydrogen-bond acceptors (Lipinski definition) is 7. The molecule has 0 aromatic heterocycles. The SMILES string of the molecule is CO[C@]1(C)/C=C/C[C@H](C)[C@@H](CCN2CCCCC2)S(=O)(=O)NC(=O)c2ccc3c(c2)N(C[C@@H]2CC[C@H]21)C[C@@]1(CCCc2cc(Cl)ccc21)CO3. The summed E-state index contributed by atoms with van der Waals surface area (Å²) < 4.78 is 43.7. The van der Waals surface area contributed by atoms with Crippen LogP contribution in [-0.2, 0) is 26.6 Å². The number of likely N-dealkylation sites (tertiary alicyclic amines) is 1. The average Bonchev–Trinajstić information content (AvgIpc) is 3.23. The lowest BCUT2D eigenvalue weighted by Gasteiger charge is -2.49. The number of halogens is 1. The number of allylic oxidation sites excluding steroid dienone is 1. The maximum atomic E-state index is 14.1. The molecule has 2 aromatic carbocycles. The predicted molar refractivity (Wildman–Crippen MR) is 200 cm³/mol. The van der Waals surface area contributed by atoms with Gasteiger partial charge in [-0.25, -0.2) is 13.1 Å². The van der Waals surface area contributed by atoms with Crippen LogP contribution in [0.4, 0.5) is 5.69 Å². The Labute approximate surface area is 304 Å². The van der Waals surface area contributed by atoms with Gasteiger partial charge in [0.1, 0.15) is 5.75 Å². The summed E-state index contributed by atoms with van der Waals surface area (Å²) in [6.07, 6.45) is 14.1. The van der Waals surface area contributed by atoms with Gasteiger partial charge < -0.3 is 19.3 Å². The number of anilines is 1. The standard InChI is InChI=1S/C40H54ClN3O5S/c1-28-9-7-18-39(2,48-3)33-14-11-31(33)25-44-26-40(19-8-10-29-23-32(41)13-15-34(29)40)27-49-36-16-12-30(24-35(36)44)38(45)42-50(46,47)37(28)17-22-43-20-5-4-6-21-43/h7,12-13,15-16,18,23-24,28,31,33,37H,4-6,8-11,14,17,19-22,25-27H2,1-3H3,(H,42,45)/b18-7+/t28-,31-,33+,37+,39+,40-/m0/s1. The van der Waals surface area contributed by atoms with Crippen molar-refractivity contribution in [3.05, 3.63) is 70.3 Å². The Morgan fingerprint density at radius 1 is 1.08 bits per heavy atom. The lowest BCUT2D eigenvalue weighted by Crippen LogP contribution is -2.52. The van der Waals surface area contributed by atoms with Gasteiger partial charge in [-0.3, -0.25) is 4.79 Å². The molecule has 5 aliphatic rings. The molecule has 1 saturated carbocycles. The van der Waals surface area contributed by atoms with Gasteiger partial charge in [0.25, 0.3) is 5.91 Å². The second-order valence-corrected chi connectivity index (χ2v) is 18.3. The molecule has 0 radical (unpaired) electrons. The van der Waals surface area contributed by atoms with Crippen molar-refractivity contribution in [1.29, 1.82) is 0 Å². The maximum Gasteiger partial charge on any atom is 0.264 e. The Morgan fingerprint density at radius 2 is 1.90 bits per heavy atom. The van der Waals surface area contributed by atoms with Gasteiger partial charge in [-0.15, -0.1) is 0 Å². The van der Waals surface area contributed by atoms with E-state index in [4.69, 9.17) is 21.1 Å². The minimum absolute atomic E-state index is 0.187. The summed E-state index contributed by atoms with van der Waals surface area (Å²) in [6.45, 7) is 8.92. The van der Waals surface area contributed by atoms with E-state index in [0.29, 0.717) is 43.4 Å². The van der Waals surface area contributed by atoms with Crippen LogP contribution in [0.5, 0.6) is 5.75 Å². The van der Waals surface area contributed by atoms with Gasteiger partial charge in [-0.2, -0.15) is 0 Å². The summed E-state index contributed by atoms with van der Waals surface area (Å²) in [5.41, 5.74) is 3.02. The van der Waals surface area contributed by atoms with E-state index in [1.54, 1.807) is 13.2 Å². The molecule has 2 aromatic rings. The molecule has 3 aliphatic heterocycles. The molecule has 10 heteroatoms. The van der Waals surface area contributed by atoms with Crippen molar-refractivity contribution >= 4 is 33.2 Å². The van der Waals surface area contributed by atoms with Gasteiger partial charge in [0.2, 0.25) is 10.0 Å². The van der Waals surface area contributed by atoms with Gasteiger partial charge in [0.05, 0.1) is 23.1 Å². The highest BCUT2D eigenvalue weighted by Gasteiger charge is 2.47. The van der Waals surface area contributed by atoms with Crippen LogP contribution in [0.15, 0.2) is 48.6 Å². The van der Waals surface area contributed by atoms with Gasteiger partial charge in [0, 0.05) is 36.2 Å². The van der Waals surface area contributed by atoms with Crippen LogP contribution in [0.3, 0.4) is 0 Å². The number of benzene rings is 2. The second-order valence-electron chi connectivity index (χ2n) is 15.9. The first-order chi connectivity index (χ1) is 24.0. The number of carbonyl (C=O) groups is 1. The highest BCUT2D eigenvalue weighted by atomic mass is 35.5. The number of ether oxygens (including phenoxy) is 2. The summed E-state index contributed by atoms with van der Waals surface area (Å²) in [5, 5.41) is 0.0400. The Bertz CT molecular complexity index is 1710. The normalized spacial score (nSPS) is 33.6. The van der Waals surface area contributed by atoms with Crippen molar-refractivity contribution in [2.45, 2.75) is 94.3 Å². The number of nitrogens with zero attached hydrogens (tertiary/aromatic N) is 2. The lowest BCUT2D eigenvalue weighted by atomic mass is 9.64. The first-order valence-corrected chi connectivity index (χ1v) is 20.7. The largest absolute Gasteiger partial charge is 0.490 e.